The van der Waals surface area contributed by atoms with Crippen LogP contribution in [0.5, 0.6) is 0 Å². The van der Waals surface area contributed by atoms with E-state index < -0.39 is 0 Å². The van der Waals surface area contributed by atoms with Gasteiger partial charge < -0.3 is 15.3 Å². The van der Waals surface area contributed by atoms with Crippen LogP contribution in [0.15, 0.2) is 30.9 Å². The predicted molar refractivity (Wildman–Crippen MR) is 83.4 cm³/mol. The van der Waals surface area contributed by atoms with Gasteiger partial charge in [0.25, 0.3) is 5.91 Å². The minimum absolute atomic E-state index is 0.0440. The Morgan fingerprint density at radius 1 is 1.23 bits per heavy atom. The lowest BCUT2D eigenvalue weighted by Gasteiger charge is -2.10. The number of hydrogen-bond acceptors (Lipinski definition) is 3. The Hall–Kier alpha value is -2.63. The van der Waals surface area contributed by atoms with E-state index >= 15 is 0 Å². The standard InChI is InChI=1S/C16H17N5O/c22-16(21-11-3-1-2-4-11)13-7-10(8-18-13)14-12-5-6-17-15(12)20-9-19-14/h5-9,11,18H,1-4H2,(H,21,22)(H,17,19,20). The number of hydrogen-bond donors (Lipinski definition) is 3. The lowest BCUT2D eigenvalue weighted by Crippen LogP contribution is -2.32. The molecule has 3 aromatic heterocycles. The van der Waals surface area contributed by atoms with Crippen molar-refractivity contribution >= 4 is 16.9 Å². The van der Waals surface area contributed by atoms with Crippen molar-refractivity contribution in [1.82, 2.24) is 25.3 Å². The summed E-state index contributed by atoms with van der Waals surface area (Å²) in [6, 6.07) is 4.10. The van der Waals surface area contributed by atoms with E-state index in [2.05, 4.69) is 25.3 Å². The molecule has 3 N–H and O–H groups in total. The van der Waals surface area contributed by atoms with Gasteiger partial charge in [-0.3, -0.25) is 4.79 Å². The highest BCUT2D eigenvalue weighted by Crippen LogP contribution is 2.25. The molecule has 4 rings (SSSR count). The largest absolute Gasteiger partial charge is 0.357 e. The molecule has 22 heavy (non-hydrogen) atoms. The number of nitrogens with zero attached hydrogens (tertiary/aromatic N) is 2. The summed E-state index contributed by atoms with van der Waals surface area (Å²) < 4.78 is 0. The normalized spacial score (nSPS) is 15.5. The summed E-state index contributed by atoms with van der Waals surface area (Å²) in [7, 11) is 0. The van der Waals surface area contributed by atoms with Gasteiger partial charge in [0, 0.05) is 29.4 Å². The molecule has 6 heteroatoms. The van der Waals surface area contributed by atoms with E-state index in [9.17, 15) is 4.79 Å². The van der Waals surface area contributed by atoms with Crippen molar-refractivity contribution in [2.75, 3.05) is 0 Å². The third kappa shape index (κ3) is 2.26. The van der Waals surface area contributed by atoms with Crippen LogP contribution >= 0.6 is 0 Å². The number of nitrogens with one attached hydrogen (secondary N) is 3. The van der Waals surface area contributed by atoms with E-state index in [4.69, 9.17) is 0 Å². The second-order valence-corrected chi connectivity index (χ2v) is 5.72. The highest BCUT2D eigenvalue weighted by atomic mass is 16.1. The molecule has 1 saturated carbocycles. The number of rotatable bonds is 3. The predicted octanol–water partition coefficient (Wildman–Crippen LogP) is 2.63. The van der Waals surface area contributed by atoms with Gasteiger partial charge in [-0.2, -0.15) is 0 Å². The summed E-state index contributed by atoms with van der Waals surface area (Å²) in [5.74, 6) is -0.0440. The van der Waals surface area contributed by atoms with Crippen molar-refractivity contribution in [3.05, 3.63) is 36.5 Å². The average molecular weight is 295 g/mol. The Bertz CT molecular complexity index is 813. The molecule has 0 unspecified atom stereocenters. The first-order chi connectivity index (χ1) is 10.8. The van der Waals surface area contributed by atoms with Gasteiger partial charge in [-0.25, -0.2) is 9.97 Å². The van der Waals surface area contributed by atoms with Crippen molar-refractivity contribution < 1.29 is 4.79 Å². The minimum atomic E-state index is -0.0440. The molecular formula is C16H17N5O. The van der Waals surface area contributed by atoms with E-state index in [1.165, 1.54) is 19.2 Å². The maximum atomic E-state index is 12.3. The molecule has 3 heterocycles. The number of aromatic nitrogens is 4. The fraction of sp³-hybridized carbons (Fsp3) is 0.312. The molecule has 1 aliphatic carbocycles. The lowest BCUT2D eigenvalue weighted by atomic mass is 10.1. The van der Waals surface area contributed by atoms with Crippen LogP contribution in [0.4, 0.5) is 0 Å². The summed E-state index contributed by atoms with van der Waals surface area (Å²) in [5, 5.41) is 4.03. The molecule has 0 aromatic carbocycles. The summed E-state index contributed by atoms with van der Waals surface area (Å²) >= 11 is 0. The van der Waals surface area contributed by atoms with Crippen molar-refractivity contribution in [3.8, 4) is 11.3 Å². The van der Waals surface area contributed by atoms with Crippen LogP contribution in [0.2, 0.25) is 0 Å². The first-order valence-corrected chi connectivity index (χ1v) is 7.59. The molecule has 0 saturated heterocycles. The van der Waals surface area contributed by atoms with Gasteiger partial charge in [-0.1, -0.05) is 12.8 Å². The summed E-state index contributed by atoms with van der Waals surface area (Å²) in [6.45, 7) is 0. The molecule has 0 aliphatic heterocycles. The molecule has 0 radical (unpaired) electrons. The molecule has 1 fully saturated rings. The van der Waals surface area contributed by atoms with Gasteiger partial charge in [0.2, 0.25) is 0 Å². The van der Waals surface area contributed by atoms with Crippen LogP contribution in [0.25, 0.3) is 22.3 Å². The topological polar surface area (TPSA) is 86.5 Å². The fourth-order valence-electron chi connectivity index (χ4n) is 3.10. The van der Waals surface area contributed by atoms with E-state index in [1.54, 1.807) is 0 Å². The number of carbonyl (C=O) groups is 1. The first-order valence-electron chi connectivity index (χ1n) is 7.59. The SMILES string of the molecule is O=C(NC1CCCC1)c1cc(-c2ncnc3[nH]ccc23)c[nH]1. The third-order valence-electron chi connectivity index (χ3n) is 4.25. The second-order valence-electron chi connectivity index (χ2n) is 5.72. The van der Waals surface area contributed by atoms with E-state index in [0.717, 1.165) is 35.1 Å². The minimum Gasteiger partial charge on any atom is -0.357 e. The van der Waals surface area contributed by atoms with Gasteiger partial charge in [-0.15, -0.1) is 0 Å². The van der Waals surface area contributed by atoms with Crippen LogP contribution in [-0.2, 0) is 0 Å². The zero-order chi connectivity index (χ0) is 14.9. The molecule has 1 amide bonds. The lowest BCUT2D eigenvalue weighted by molar-refractivity contribution is 0.0933. The quantitative estimate of drug-likeness (QED) is 0.694. The molecule has 0 spiro atoms. The van der Waals surface area contributed by atoms with Crippen molar-refractivity contribution in [3.63, 3.8) is 0 Å². The number of H-pyrrole nitrogens is 2. The second kappa shape index (κ2) is 5.29. The van der Waals surface area contributed by atoms with Crippen LogP contribution in [0, 0.1) is 0 Å². The zero-order valence-electron chi connectivity index (χ0n) is 12.1. The van der Waals surface area contributed by atoms with Crippen LogP contribution < -0.4 is 5.32 Å². The van der Waals surface area contributed by atoms with Crippen molar-refractivity contribution in [2.24, 2.45) is 0 Å². The highest BCUT2D eigenvalue weighted by Gasteiger charge is 2.19. The van der Waals surface area contributed by atoms with Crippen LogP contribution in [-0.4, -0.2) is 31.9 Å². The Kier molecular flexibility index (Phi) is 3.14. The summed E-state index contributed by atoms with van der Waals surface area (Å²) in [6.07, 6.45) is 9.74. The van der Waals surface area contributed by atoms with Crippen molar-refractivity contribution in [1.29, 1.82) is 0 Å². The molecule has 0 atom stereocenters. The van der Waals surface area contributed by atoms with Gasteiger partial charge in [0.1, 0.15) is 17.7 Å². The number of fused-ring (bicyclic) bond motifs is 1. The molecule has 6 nitrogen and oxygen atoms in total. The summed E-state index contributed by atoms with van der Waals surface area (Å²) in [5.41, 5.74) is 3.08. The monoisotopic (exact) mass is 295 g/mol. The average Bonchev–Trinajstić information content (AvgIpc) is 3.27. The van der Waals surface area contributed by atoms with Gasteiger partial charge >= 0.3 is 0 Å². The maximum Gasteiger partial charge on any atom is 0.267 e. The number of amides is 1. The molecule has 3 aromatic rings. The Morgan fingerprint density at radius 3 is 2.95 bits per heavy atom. The van der Waals surface area contributed by atoms with E-state index in [1.807, 2.05) is 24.5 Å². The van der Waals surface area contributed by atoms with Crippen LogP contribution in [0.3, 0.4) is 0 Å². The van der Waals surface area contributed by atoms with Gasteiger partial charge in [-0.05, 0) is 25.0 Å². The van der Waals surface area contributed by atoms with Crippen LogP contribution in [0.1, 0.15) is 36.2 Å². The molecule has 0 bridgehead atoms. The molecule has 112 valence electrons. The van der Waals surface area contributed by atoms with Gasteiger partial charge in [0.05, 0.1) is 5.69 Å². The fourth-order valence-corrected chi connectivity index (χ4v) is 3.10. The molecule has 1 aliphatic rings. The number of carbonyl (C=O) groups excluding carboxylic acids is 1. The summed E-state index contributed by atoms with van der Waals surface area (Å²) in [4.78, 5) is 26.9. The zero-order valence-corrected chi connectivity index (χ0v) is 12.1. The third-order valence-corrected chi connectivity index (χ3v) is 4.25. The van der Waals surface area contributed by atoms with E-state index in [0.29, 0.717) is 11.7 Å². The van der Waals surface area contributed by atoms with Crippen molar-refractivity contribution in [2.45, 2.75) is 31.7 Å². The highest BCUT2D eigenvalue weighted by molar-refractivity contribution is 5.96. The smallest absolute Gasteiger partial charge is 0.267 e. The molecular weight excluding hydrogens is 278 g/mol. The Labute approximate surface area is 127 Å². The maximum absolute atomic E-state index is 12.3. The Morgan fingerprint density at radius 2 is 2.09 bits per heavy atom. The van der Waals surface area contributed by atoms with E-state index in [-0.39, 0.29) is 5.91 Å². The van der Waals surface area contributed by atoms with Gasteiger partial charge in [0.15, 0.2) is 0 Å². The number of aromatic amines is 2. The Balaban J connectivity index is 1.61. The first kappa shape index (κ1) is 13.1.